The fourth-order valence-electron chi connectivity index (χ4n) is 0.184. The number of hydrogen-bond donors (Lipinski definition) is 1. The lowest BCUT2D eigenvalue weighted by molar-refractivity contribution is -0.402. The number of nitrogens with two attached hydrogens (primary N) is 1. The van der Waals surface area contributed by atoms with E-state index in [1.54, 1.807) is 0 Å². The van der Waals surface area contributed by atoms with Crippen LogP contribution in [0, 0.1) is 10.1 Å². The molecule has 4 nitrogen and oxygen atoms in total. The van der Waals surface area contributed by atoms with Gasteiger partial charge in [0.15, 0.2) is 0 Å². The standard InChI is InChI=1S/C4H6N2O2/c5-3-1-2-4-6(7)8/h1-4H,5H2. The maximum Gasteiger partial charge on any atom is 0.234 e. The summed E-state index contributed by atoms with van der Waals surface area (Å²) < 4.78 is 0. The van der Waals surface area contributed by atoms with Crippen LogP contribution >= 0.6 is 0 Å². The number of rotatable bonds is 2. The lowest BCUT2D eigenvalue weighted by Crippen LogP contribution is -1.81. The summed E-state index contributed by atoms with van der Waals surface area (Å²) in [6.45, 7) is 0. The Bertz CT molecular complexity index is 128. The van der Waals surface area contributed by atoms with E-state index in [0.717, 1.165) is 6.20 Å². The van der Waals surface area contributed by atoms with Crippen molar-refractivity contribution < 1.29 is 4.92 Å². The second-order valence-electron chi connectivity index (χ2n) is 1.01. The van der Waals surface area contributed by atoms with Crippen molar-refractivity contribution in [2.45, 2.75) is 0 Å². The lowest BCUT2D eigenvalue weighted by Gasteiger charge is -1.71. The molecule has 0 aliphatic heterocycles. The molecule has 0 amide bonds. The van der Waals surface area contributed by atoms with E-state index in [1.807, 2.05) is 0 Å². The third-order valence-electron chi connectivity index (χ3n) is 0.430. The smallest absolute Gasteiger partial charge is 0.234 e. The van der Waals surface area contributed by atoms with Gasteiger partial charge in [0.2, 0.25) is 6.20 Å². The van der Waals surface area contributed by atoms with Gasteiger partial charge in [-0.05, 0) is 12.3 Å². The molecule has 0 radical (unpaired) electrons. The molecule has 0 saturated carbocycles. The topological polar surface area (TPSA) is 69.2 Å². The number of allylic oxidation sites excluding steroid dienone is 2. The molecule has 2 N–H and O–H groups in total. The molecule has 0 aromatic rings. The van der Waals surface area contributed by atoms with Gasteiger partial charge in [-0.15, -0.1) is 0 Å². The summed E-state index contributed by atoms with van der Waals surface area (Å²) in [5, 5.41) is 9.52. The molecule has 0 saturated heterocycles. The monoisotopic (exact) mass is 114 g/mol. The Labute approximate surface area is 46.4 Å². The summed E-state index contributed by atoms with van der Waals surface area (Å²) in [7, 11) is 0. The molecule has 0 atom stereocenters. The first-order valence-electron chi connectivity index (χ1n) is 1.96. The van der Waals surface area contributed by atoms with Crippen LogP contribution in [0.15, 0.2) is 24.6 Å². The van der Waals surface area contributed by atoms with Gasteiger partial charge in [0.25, 0.3) is 0 Å². The van der Waals surface area contributed by atoms with Crippen molar-refractivity contribution in [2.75, 3.05) is 0 Å². The van der Waals surface area contributed by atoms with Crippen LogP contribution in [0.1, 0.15) is 0 Å². The van der Waals surface area contributed by atoms with Crippen molar-refractivity contribution in [1.29, 1.82) is 0 Å². The predicted molar refractivity (Wildman–Crippen MR) is 29.5 cm³/mol. The van der Waals surface area contributed by atoms with Crippen LogP contribution in [0.5, 0.6) is 0 Å². The van der Waals surface area contributed by atoms with Crippen LogP contribution in [0.25, 0.3) is 0 Å². The normalized spacial score (nSPS) is 11.0. The predicted octanol–water partition coefficient (Wildman–Crippen LogP) is 0.249. The molecule has 0 aliphatic rings. The van der Waals surface area contributed by atoms with Gasteiger partial charge >= 0.3 is 0 Å². The first kappa shape index (κ1) is 6.68. The minimum atomic E-state index is -0.556. The van der Waals surface area contributed by atoms with Crippen LogP contribution in [-0.2, 0) is 0 Å². The summed E-state index contributed by atoms with van der Waals surface area (Å²) in [5.74, 6) is 0. The Balaban J connectivity index is 3.50. The van der Waals surface area contributed by atoms with Crippen molar-refractivity contribution in [1.82, 2.24) is 0 Å². The van der Waals surface area contributed by atoms with Gasteiger partial charge in [-0.25, -0.2) is 0 Å². The summed E-state index contributed by atoms with van der Waals surface area (Å²) in [5.41, 5.74) is 4.86. The van der Waals surface area contributed by atoms with E-state index in [9.17, 15) is 10.1 Å². The number of hydrogen-bond acceptors (Lipinski definition) is 3. The summed E-state index contributed by atoms with van der Waals surface area (Å²) in [6, 6.07) is 0. The fourth-order valence-corrected chi connectivity index (χ4v) is 0.184. The maximum atomic E-state index is 9.52. The minimum absolute atomic E-state index is 0.556. The van der Waals surface area contributed by atoms with Crippen molar-refractivity contribution in [3.05, 3.63) is 34.7 Å². The lowest BCUT2D eigenvalue weighted by atomic mass is 10.6. The molecule has 0 aromatic heterocycles. The second-order valence-corrected chi connectivity index (χ2v) is 1.01. The van der Waals surface area contributed by atoms with E-state index in [0.29, 0.717) is 0 Å². The number of nitrogens with zero attached hydrogens (tertiary/aromatic N) is 1. The molecule has 0 aliphatic carbocycles. The van der Waals surface area contributed by atoms with Gasteiger partial charge in [0.1, 0.15) is 0 Å². The SMILES string of the molecule is NC=CC=C[N+](=O)[O-]. The summed E-state index contributed by atoms with van der Waals surface area (Å²) in [4.78, 5) is 8.96. The molecule has 8 heavy (non-hydrogen) atoms. The first-order chi connectivity index (χ1) is 3.77. The molecular formula is C4H6N2O2. The van der Waals surface area contributed by atoms with E-state index in [2.05, 4.69) is 0 Å². The van der Waals surface area contributed by atoms with Crippen LogP contribution in [-0.4, -0.2) is 4.92 Å². The van der Waals surface area contributed by atoms with Crippen molar-refractivity contribution in [3.8, 4) is 0 Å². The minimum Gasteiger partial charge on any atom is -0.405 e. The highest BCUT2D eigenvalue weighted by molar-refractivity contribution is 4.96. The summed E-state index contributed by atoms with van der Waals surface area (Å²) >= 11 is 0. The van der Waals surface area contributed by atoms with E-state index in [1.165, 1.54) is 18.4 Å². The van der Waals surface area contributed by atoms with Gasteiger partial charge in [-0.2, -0.15) is 0 Å². The van der Waals surface area contributed by atoms with Crippen molar-refractivity contribution >= 4 is 0 Å². The maximum absolute atomic E-state index is 9.52. The third kappa shape index (κ3) is 4.68. The zero-order chi connectivity index (χ0) is 6.41. The second kappa shape index (κ2) is 3.86. The molecule has 0 rings (SSSR count). The van der Waals surface area contributed by atoms with Crippen molar-refractivity contribution in [3.63, 3.8) is 0 Å². The molecule has 0 aromatic carbocycles. The Kier molecular flexibility index (Phi) is 3.22. The van der Waals surface area contributed by atoms with Gasteiger partial charge < -0.3 is 5.73 Å². The molecule has 44 valence electrons. The van der Waals surface area contributed by atoms with Gasteiger partial charge in [-0.1, -0.05) is 0 Å². The molecular weight excluding hydrogens is 108 g/mol. The Morgan fingerprint density at radius 2 is 2.12 bits per heavy atom. The average Bonchev–Trinajstić information content (AvgIpc) is 1.66. The van der Waals surface area contributed by atoms with Crippen LogP contribution in [0.4, 0.5) is 0 Å². The Hall–Kier alpha value is -1.32. The number of nitro groups is 1. The zero-order valence-corrected chi connectivity index (χ0v) is 4.15. The van der Waals surface area contributed by atoms with Gasteiger partial charge in [0, 0.05) is 6.08 Å². The van der Waals surface area contributed by atoms with Crippen LogP contribution in [0.3, 0.4) is 0 Å². The summed E-state index contributed by atoms with van der Waals surface area (Å²) in [6.07, 6.45) is 4.66. The van der Waals surface area contributed by atoms with Crippen LogP contribution in [0.2, 0.25) is 0 Å². The van der Waals surface area contributed by atoms with E-state index in [-0.39, 0.29) is 0 Å². The van der Waals surface area contributed by atoms with Crippen molar-refractivity contribution in [2.24, 2.45) is 5.73 Å². The Morgan fingerprint density at radius 1 is 1.50 bits per heavy atom. The van der Waals surface area contributed by atoms with Crippen LogP contribution < -0.4 is 5.73 Å². The van der Waals surface area contributed by atoms with E-state index < -0.39 is 4.92 Å². The van der Waals surface area contributed by atoms with E-state index >= 15 is 0 Å². The quantitative estimate of drug-likeness (QED) is 0.318. The highest BCUT2D eigenvalue weighted by Crippen LogP contribution is 1.73. The highest BCUT2D eigenvalue weighted by Gasteiger charge is 1.76. The van der Waals surface area contributed by atoms with Gasteiger partial charge in [0.05, 0.1) is 4.92 Å². The third-order valence-corrected chi connectivity index (χ3v) is 0.430. The molecule has 0 fully saturated rings. The highest BCUT2D eigenvalue weighted by atomic mass is 16.6. The molecule has 0 heterocycles. The average molecular weight is 114 g/mol. The largest absolute Gasteiger partial charge is 0.405 e. The zero-order valence-electron chi connectivity index (χ0n) is 4.15. The molecule has 0 bridgehead atoms. The fraction of sp³-hybridized carbons (Fsp3) is 0. The van der Waals surface area contributed by atoms with E-state index in [4.69, 9.17) is 5.73 Å². The molecule has 0 spiro atoms. The first-order valence-corrected chi connectivity index (χ1v) is 1.96. The molecule has 4 heteroatoms. The molecule has 0 unspecified atom stereocenters. The van der Waals surface area contributed by atoms with Gasteiger partial charge in [-0.3, -0.25) is 10.1 Å². The Morgan fingerprint density at radius 3 is 2.50 bits per heavy atom.